The van der Waals surface area contributed by atoms with Gasteiger partial charge in [0.25, 0.3) is 0 Å². The minimum atomic E-state index is -0.324. The van der Waals surface area contributed by atoms with E-state index in [0.717, 1.165) is 12.1 Å². The van der Waals surface area contributed by atoms with Gasteiger partial charge in [-0.05, 0) is 36.2 Å². The average molecular weight is 307 g/mol. The number of hydrogen-bond acceptors (Lipinski definition) is 2. The van der Waals surface area contributed by atoms with Crippen LogP contribution in [0.1, 0.15) is 24.1 Å². The third kappa shape index (κ3) is 3.36. The van der Waals surface area contributed by atoms with E-state index in [1.165, 1.54) is 11.6 Å². The molecule has 0 aliphatic heterocycles. The number of benzene rings is 2. The number of rotatable bonds is 5. The highest BCUT2D eigenvalue weighted by atomic mass is 35.5. The van der Waals surface area contributed by atoms with Crippen LogP contribution in [0.3, 0.4) is 0 Å². The van der Waals surface area contributed by atoms with Gasteiger partial charge in [0.2, 0.25) is 0 Å². The van der Waals surface area contributed by atoms with Gasteiger partial charge in [0.1, 0.15) is 5.82 Å². The first-order valence-electron chi connectivity index (χ1n) is 7.04. The smallest absolute Gasteiger partial charge is 0.130 e. The van der Waals surface area contributed by atoms with Crippen molar-refractivity contribution in [3.63, 3.8) is 0 Å². The molecule has 2 N–H and O–H groups in total. The van der Waals surface area contributed by atoms with Crippen molar-refractivity contribution < 1.29 is 4.39 Å². The Morgan fingerprint density at radius 3 is 2.38 bits per heavy atom. The second-order valence-electron chi connectivity index (χ2n) is 5.02. The first-order valence-corrected chi connectivity index (χ1v) is 7.42. The van der Waals surface area contributed by atoms with Gasteiger partial charge < -0.3 is 10.6 Å². The fourth-order valence-corrected chi connectivity index (χ4v) is 2.73. The molecule has 1 atom stereocenters. The molecule has 0 aromatic heterocycles. The normalized spacial score (nSPS) is 12.2. The van der Waals surface area contributed by atoms with Crippen LogP contribution in [-0.2, 0) is 6.42 Å². The number of aryl methyl sites for hydroxylation is 1. The first kappa shape index (κ1) is 15.8. The lowest BCUT2D eigenvalue weighted by atomic mass is 10.0. The monoisotopic (exact) mass is 306 g/mol. The fraction of sp³-hybridized carbons (Fsp3) is 0.294. The summed E-state index contributed by atoms with van der Waals surface area (Å²) in [6, 6.07) is 12.6. The molecule has 0 amide bonds. The number of likely N-dealkylation sites (N-methyl/N-ethyl adjacent to an activating group) is 1. The summed E-state index contributed by atoms with van der Waals surface area (Å²) in [5, 5.41) is 0.405. The Morgan fingerprint density at radius 1 is 1.19 bits per heavy atom. The van der Waals surface area contributed by atoms with E-state index in [9.17, 15) is 4.39 Å². The lowest BCUT2D eigenvalue weighted by Gasteiger charge is -2.30. The van der Waals surface area contributed by atoms with Gasteiger partial charge in [-0.25, -0.2) is 4.39 Å². The first-order chi connectivity index (χ1) is 10.1. The molecule has 1 unspecified atom stereocenters. The van der Waals surface area contributed by atoms with Crippen LogP contribution in [0.5, 0.6) is 0 Å². The van der Waals surface area contributed by atoms with E-state index in [0.29, 0.717) is 10.6 Å². The highest BCUT2D eigenvalue weighted by molar-refractivity contribution is 6.31. The molecular formula is C17H20ClFN2. The van der Waals surface area contributed by atoms with E-state index in [4.69, 9.17) is 17.3 Å². The van der Waals surface area contributed by atoms with Crippen LogP contribution in [0.4, 0.5) is 10.1 Å². The molecule has 2 aromatic carbocycles. The van der Waals surface area contributed by atoms with E-state index >= 15 is 0 Å². The van der Waals surface area contributed by atoms with Gasteiger partial charge in [-0.1, -0.05) is 36.7 Å². The van der Waals surface area contributed by atoms with Gasteiger partial charge >= 0.3 is 0 Å². The highest BCUT2D eigenvalue weighted by Gasteiger charge is 2.22. The van der Waals surface area contributed by atoms with Crippen molar-refractivity contribution >= 4 is 17.3 Å². The molecule has 2 aromatic rings. The molecule has 2 rings (SSSR count). The second kappa shape index (κ2) is 6.92. The zero-order chi connectivity index (χ0) is 15.4. The summed E-state index contributed by atoms with van der Waals surface area (Å²) in [5.41, 5.74) is 8.57. The zero-order valence-corrected chi connectivity index (χ0v) is 13.1. The predicted octanol–water partition coefficient (Wildman–Crippen LogP) is 4.18. The van der Waals surface area contributed by atoms with Crippen LogP contribution < -0.4 is 10.6 Å². The van der Waals surface area contributed by atoms with Crippen molar-refractivity contribution in [3.8, 4) is 0 Å². The van der Waals surface area contributed by atoms with Crippen molar-refractivity contribution in [2.24, 2.45) is 5.73 Å². The molecule has 0 saturated heterocycles. The number of nitrogens with zero attached hydrogens (tertiary/aromatic N) is 1. The van der Waals surface area contributed by atoms with Crippen LogP contribution in [0.15, 0.2) is 42.5 Å². The van der Waals surface area contributed by atoms with E-state index in [1.54, 1.807) is 12.1 Å². The average Bonchev–Trinajstić information content (AvgIpc) is 2.50. The predicted molar refractivity (Wildman–Crippen MR) is 87.4 cm³/mol. The van der Waals surface area contributed by atoms with Gasteiger partial charge in [-0.2, -0.15) is 0 Å². The van der Waals surface area contributed by atoms with Crippen molar-refractivity contribution in [1.29, 1.82) is 0 Å². The van der Waals surface area contributed by atoms with Crippen LogP contribution in [0, 0.1) is 5.82 Å². The molecule has 0 bridgehead atoms. The highest BCUT2D eigenvalue weighted by Crippen LogP contribution is 2.31. The molecule has 112 valence electrons. The lowest BCUT2D eigenvalue weighted by molar-refractivity contribution is 0.573. The van der Waals surface area contributed by atoms with Crippen LogP contribution in [0.2, 0.25) is 5.02 Å². The van der Waals surface area contributed by atoms with Crippen molar-refractivity contribution in [3.05, 3.63) is 64.4 Å². The zero-order valence-electron chi connectivity index (χ0n) is 12.3. The lowest BCUT2D eigenvalue weighted by Crippen LogP contribution is -2.31. The maximum atomic E-state index is 14.1. The number of halogens is 2. The van der Waals surface area contributed by atoms with E-state index in [-0.39, 0.29) is 18.4 Å². The Labute approximate surface area is 130 Å². The van der Waals surface area contributed by atoms with E-state index < -0.39 is 0 Å². The molecule has 0 aliphatic rings. The minimum Gasteiger partial charge on any atom is -0.366 e. The van der Waals surface area contributed by atoms with Crippen LogP contribution in [0.25, 0.3) is 0 Å². The molecule has 0 aliphatic carbocycles. The van der Waals surface area contributed by atoms with Gasteiger partial charge in [0.05, 0.1) is 6.04 Å². The Kier molecular flexibility index (Phi) is 5.21. The minimum absolute atomic E-state index is 0.284. The fourth-order valence-electron chi connectivity index (χ4n) is 2.45. The summed E-state index contributed by atoms with van der Waals surface area (Å²) >= 11 is 6.16. The van der Waals surface area contributed by atoms with Crippen molar-refractivity contribution in [1.82, 2.24) is 0 Å². The van der Waals surface area contributed by atoms with E-state index in [1.807, 2.05) is 24.1 Å². The Balaban J connectivity index is 2.35. The maximum Gasteiger partial charge on any atom is 0.130 e. The standard InChI is InChI=1S/C17H20ClFN2/c1-3-12-7-9-13(10-8-12)21(2)16(11-20)17-14(18)5-4-6-15(17)19/h4-10,16H,3,11,20H2,1-2H3. The number of anilines is 1. The van der Waals surface area contributed by atoms with Gasteiger partial charge in [0.15, 0.2) is 0 Å². The third-order valence-electron chi connectivity index (χ3n) is 3.78. The van der Waals surface area contributed by atoms with Crippen LogP contribution in [-0.4, -0.2) is 13.6 Å². The Hall–Kier alpha value is -1.58. The molecule has 0 saturated carbocycles. The molecule has 0 radical (unpaired) electrons. The molecule has 21 heavy (non-hydrogen) atoms. The van der Waals surface area contributed by atoms with Crippen molar-refractivity contribution in [2.45, 2.75) is 19.4 Å². The largest absolute Gasteiger partial charge is 0.366 e. The van der Waals surface area contributed by atoms with Gasteiger partial charge in [0, 0.05) is 29.9 Å². The maximum absolute atomic E-state index is 14.1. The van der Waals surface area contributed by atoms with Crippen molar-refractivity contribution in [2.75, 3.05) is 18.5 Å². The summed E-state index contributed by atoms with van der Waals surface area (Å²) in [7, 11) is 1.90. The topological polar surface area (TPSA) is 29.3 Å². The summed E-state index contributed by atoms with van der Waals surface area (Å²) in [6.07, 6.45) is 0.990. The summed E-state index contributed by atoms with van der Waals surface area (Å²) in [6.45, 7) is 2.40. The molecule has 4 heteroatoms. The second-order valence-corrected chi connectivity index (χ2v) is 5.42. The summed E-state index contributed by atoms with van der Waals surface area (Å²) in [5.74, 6) is -0.324. The molecular weight excluding hydrogens is 287 g/mol. The van der Waals surface area contributed by atoms with Gasteiger partial charge in [-0.3, -0.25) is 0 Å². The molecule has 2 nitrogen and oxygen atoms in total. The van der Waals surface area contributed by atoms with Crippen LogP contribution >= 0.6 is 11.6 Å². The Bertz CT molecular complexity index is 578. The number of hydrogen-bond donors (Lipinski definition) is 1. The quantitative estimate of drug-likeness (QED) is 0.898. The number of nitrogens with two attached hydrogens (primary N) is 1. The SMILES string of the molecule is CCc1ccc(N(C)C(CN)c2c(F)cccc2Cl)cc1. The molecule has 0 fully saturated rings. The summed E-state index contributed by atoms with van der Waals surface area (Å²) < 4.78 is 14.1. The third-order valence-corrected chi connectivity index (χ3v) is 4.11. The molecule has 0 heterocycles. The Morgan fingerprint density at radius 2 is 1.86 bits per heavy atom. The summed E-state index contributed by atoms with van der Waals surface area (Å²) in [4.78, 5) is 1.96. The van der Waals surface area contributed by atoms with Gasteiger partial charge in [-0.15, -0.1) is 0 Å². The molecule has 0 spiro atoms. The van der Waals surface area contributed by atoms with E-state index in [2.05, 4.69) is 19.1 Å².